The molecular formula is C28H36F5N5O2. The van der Waals surface area contributed by atoms with Crippen LogP contribution < -0.4 is 10.6 Å². The van der Waals surface area contributed by atoms with Crippen molar-refractivity contribution < 1.29 is 31.9 Å². The molecule has 0 aromatic carbocycles. The highest BCUT2D eigenvalue weighted by atomic mass is 19.4. The van der Waals surface area contributed by atoms with Crippen LogP contribution in [0.15, 0.2) is 18.5 Å². The van der Waals surface area contributed by atoms with Gasteiger partial charge in [-0.1, -0.05) is 6.42 Å². The van der Waals surface area contributed by atoms with Crippen molar-refractivity contribution >= 4 is 11.6 Å². The Morgan fingerprint density at radius 2 is 1.80 bits per heavy atom. The SMILES string of the molecule is O=C(N[C@H](c1cn2ncc([C@H](NC(O)CCC(F)(F)F)C3CC3)cc2n1)C1CCC(F)(F)CC1)C1CC12CCC2. The largest absolute Gasteiger partial charge is 0.389 e. The maximum atomic E-state index is 14.0. The van der Waals surface area contributed by atoms with Crippen molar-refractivity contribution in [1.29, 1.82) is 0 Å². The van der Waals surface area contributed by atoms with Crippen LogP contribution in [-0.2, 0) is 4.79 Å². The standard InChI is InChI=1S/C28H36F5N5O2/c29-27(30)9-4-17(5-10-27)24(37-25(40)19-13-26(19)7-1-8-26)20-15-38-21(35-20)12-18(14-34-38)23(16-2-3-16)36-22(39)6-11-28(31,32)33/h12,14-17,19,22-24,36,39H,1-11,13H2,(H,37,40)/t19?,22?,23-,24+/m1/s1. The number of rotatable bonds is 10. The van der Waals surface area contributed by atoms with Crippen molar-refractivity contribution in [2.45, 2.75) is 107 Å². The van der Waals surface area contributed by atoms with E-state index in [1.54, 1.807) is 23.0 Å². The summed E-state index contributed by atoms with van der Waals surface area (Å²) in [6.07, 6.45) is 2.19. The number of nitrogens with zero attached hydrogens (tertiary/aromatic N) is 3. The summed E-state index contributed by atoms with van der Waals surface area (Å²) in [6.45, 7) is 0. The van der Waals surface area contributed by atoms with Gasteiger partial charge >= 0.3 is 6.18 Å². The smallest absolute Gasteiger partial charge is 0.379 e. The molecule has 1 amide bonds. The second-order valence-corrected chi connectivity index (χ2v) is 12.6. The zero-order valence-electron chi connectivity index (χ0n) is 22.3. The Morgan fingerprint density at radius 3 is 2.40 bits per heavy atom. The molecule has 0 aliphatic heterocycles. The molecule has 4 aliphatic carbocycles. The Balaban J connectivity index is 1.21. The number of aliphatic hydroxyl groups excluding tert-OH is 1. The molecule has 4 atom stereocenters. The Labute approximate surface area is 229 Å². The van der Waals surface area contributed by atoms with Gasteiger partial charge < -0.3 is 10.4 Å². The number of nitrogens with one attached hydrogen (secondary N) is 2. The molecule has 12 heteroatoms. The van der Waals surface area contributed by atoms with Crippen LogP contribution in [0, 0.1) is 23.2 Å². The summed E-state index contributed by atoms with van der Waals surface area (Å²) in [6, 6.07) is 0.916. The number of carbonyl (C=O) groups excluding carboxylic acids is 1. The van der Waals surface area contributed by atoms with Crippen molar-refractivity contribution in [2.75, 3.05) is 0 Å². The Kier molecular flexibility index (Phi) is 7.08. The van der Waals surface area contributed by atoms with Crippen LogP contribution in [0.5, 0.6) is 0 Å². The zero-order chi connectivity index (χ0) is 28.3. The summed E-state index contributed by atoms with van der Waals surface area (Å²) in [5.41, 5.74) is 1.91. The summed E-state index contributed by atoms with van der Waals surface area (Å²) in [7, 11) is 0. The van der Waals surface area contributed by atoms with E-state index in [0.717, 1.165) is 38.5 Å². The number of halogens is 5. The average Bonchev–Trinajstić information content (AvgIpc) is 3.79. The van der Waals surface area contributed by atoms with Gasteiger partial charge in [-0.3, -0.25) is 10.1 Å². The monoisotopic (exact) mass is 569 g/mol. The third kappa shape index (κ3) is 5.98. The predicted octanol–water partition coefficient (Wildman–Crippen LogP) is 5.60. The topological polar surface area (TPSA) is 91.6 Å². The molecule has 0 radical (unpaired) electrons. The Morgan fingerprint density at radius 1 is 1.10 bits per heavy atom. The van der Waals surface area contributed by atoms with Gasteiger partial charge in [0.1, 0.15) is 6.23 Å². The number of hydrogen-bond donors (Lipinski definition) is 3. The summed E-state index contributed by atoms with van der Waals surface area (Å²) in [4.78, 5) is 18.0. The van der Waals surface area contributed by atoms with Crippen molar-refractivity contribution in [3.8, 4) is 0 Å². The lowest BCUT2D eigenvalue weighted by molar-refractivity contribution is -0.141. The minimum Gasteiger partial charge on any atom is -0.379 e. The fourth-order valence-electron chi connectivity index (χ4n) is 6.74. The van der Waals surface area contributed by atoms with Crippen LogP contribution in [0.4, 0.5) is 22.0 Å². The van der Waals surface area contributed by atoms with Gasteiger partial charge in [0.05, 0.1) is 24.1 Å². The first-order valence-corrected chi connectivity index (χ1v) is 14.5. The van der Waals surface area contributed by atoms with Gasteiger partial charge in [-0.15, -0.1) is 0 Å². The highest BCUT2D eigenvalue weighted by Crippen LogP contribution is 2.65. The van der Waals surface area contributed by atoms with Gasteiger partial charge in [-0.2, -0.15) is 18.3 Å². The van der Waals surface area contributed by atoms with Crippen LogP contribution in [0.2, 0.25) is 0 Å². The second kappa shape index (κ2) is 10.2. The normalized spacial score (nSPS) is 26.3. The predicted molar refractivity (Wildman–Crippen MR) is 135 cm³/mol. The molecule has 3 N–H and O–H groups in total. The van der Waals surface area contributed by atoms with Gasteiger partial charge in [0.15, 0.2) is 5.65 Å². The fourth-order valence-corrected chi connectivity index (χ4v) is 6.74. The number of alkyl halides is 5. The zero-order valence-corrected chi connectivity index (χ0v) is 22.3. The summed E-state index contributed by atoms with van der Waals surface area (Å²) < 4.78 is 67.4. The molecular weight excluding hydrogens is 533 g/mol. The van der Waals surface area contributed by atoms with E-state index < -0.39 is 37.2 Å². The molecule has 2 aromatic rings. The molecule has 0 bridgehead atoms. The maximum Gasteiger partial charge on any atom is 0.389 e. The van der Waals surface area contributed by atoms with Crippen molar-refractivity contribution in [2.24, 2.45) is 23.2 Å². The van der Waals surface area contributed by atoms with Gasteiger partial charge in [0.25, 0.3) is 0 Å². The third-order valence-corrected chi connectivity index (χ3v) is 9.59. The average molecular weight is 570 g/mol. The first-order chi connectivity index (χ1) is 18.9. The molecule has 4 saturated carbocycles. The Bertz CT molecular complexity index is 1230. The van der Waals surface area contributed by atoms with Gasteiger partial charge in [-0.05, 0) is 80.2 Å². The molecule has 2 heterocycles. The van der Waals surface area contributed by atoms with Crippen molar-refractivity contribution in [1.82, 2.24) is 25.2 Å². The van der Waals surface area contributed by atoms with Crippen molar-refractivity contribution in [3.63, 3.8) is 0 Å². The molecule has 40 heavy (non-hydrogen) atoms. The number of aliphatic hydroxyl groups is 1. The van der Waals surface area contributed by atoms with Crippen LogP contribution in [0.3, 0.4) is 0 Å². The van der Waals surface area contributed by atoms with E-state index in [4.69, 9.17) is 4.98 Å². The fraction of sp³-hybridized carbons (Fsp3) is 0.750. The molecule has 7 nitrogen and oxygen atoms in total. The van der Waals surface area contributed by atoms with Gasteiger partial charge in [0.2, 0.25) is 11.8 Å². The summed E-state index contributed by atoms with van der Waals surface area (Å²) in [5, 5.41) is 20.8. The second-order valence-electron chi connectivity index (χ2n) is 12.6. The highest BCUT2D eigenvalue weighted by molar-refractivity contribution is 5.83. The molecule has 0 saturated heterocycles. The lowest BCUT2D eigenvalue weighted by Gasteiger charge is -2.34. The number of carbonyl (C=O) groups is 1. The van der Waals surface area contributed by atoms with E-state index in [2.05, 4.69) is 15.7 Å². The van der Waals surface area contributed by atoms with Gasteiger partial charge in [-0.25, -0.2) is 18.3 Å². The van der Waals surface area contributed by atoms with E-state index in [1.165, 1.54) is 0 Å². The highest BCUT2D eigenvalue weighted by Gasteiger charge is 2.61. The lowest BCUT2D eigenvalue weighted by atomic mass is 9.79. The first kappa shape index (κ1) is 27.8. The van der Waals surface area contributed by atoms with Crippen LogP contribution in [0.25, 0.3) is 5.65 Å². The Hall–Kier alpha value is -2.34. The minimum atomic E-state index is -4.34. The van der Waals surface area contributed by atoms with E-state index in [9.17, 15) is 31.9 Å². The molecule has 4 aliphatic rings. The van der Waals surface area contributed by atoms with Crippen LogP contribution in [0.1, 0.15) is 100 Å². The third-order valence-electron chi connectivity index (χ3n) is 9.59. The van der Waals surface area contributed by atoms with Crippen molar-refractivity contribution in [3.05, 3.63) is 29.7 Å². The van der Waals surface area contributed by atoms with E-state index in [0.29, 0.717) is 16.9 Å². The first-order valence-electron chi connectivity index (χ1n) is 14.5. The molecule has 220 valence electrons. The quantitative estimate of drug-likeness (QED) is 0.256. The number of aromatic nitrogens is 3. The number of fused-ring (bicyclic) bond motifs is 1. The molecule has 2 aromatic heterocycles. The number of amides is 1. The molecule has 2 unspecified atom stereocenters. The van der Waals surface area contributed by atoms with Gasteiger partial charge in [0, 0.05) is 31.2 Å². The lowest BCUT2D eigenvalue weighted by Crippen LogP contribution is -2.39. The molecule has 4 fully saturated rings. The van der Waals surface area contributed by atoms with E-state index in [1.807, 2.05) is 0 Å². The molecule has 1 spiro atoms. The summed E-state index contributed by atoms with van der Waals surface area (Å²) >= 11 is 0. The van der Waals surface area contributed by atoms with E-state index in [-0.39, 0.29) is 60.8 Å². The maximum absolute atomic E-state index is 14.0. The number of hydrogen-bond acceptors (Lipinski definition) is 5. The number of imidazole rings is 1. The summed E-state index contributed by atoms with van der Waals surface area (Å²) in [5.74, 6) is -2.74. The molecule has 6 rings (SSSR count). The van der Waals surface area contributed by atoms with E-state index >= 15 is 0 Å². The van der Waals surface area contributed by atoms with Crippen LogP contribution in [-0.4, -0.2) is 43.9 Å². The van der Waals surface area contributed by atoms with Crippen LogP contribution >= 0.6 is 0 Å². The minimum absolute atomic E-state index is 0.0234.